The van der Waals surface area contributed by atoms with Gasteiger partial charge in [-0.3, -0.25) is 4.79 Å². The highest BCUT2D eigenvalue weighted by atomic mass is 28.4. The van der Waals surface area contributed by atoms with Crippen molar-refractivity contribution in [1.82, 2.24) is 0 Å². The lowest BCUT2D eigenvalue weighted by atomic mass is 9.90. The molecule has 0 spiro atoms. The largest absolute Gasteiger partial charge is 0.497 e. The molecule has 0 bridgehead atoms. The Labute approximate surface area is 128 Å². The SMILES string of the molecule is COc1ccc(C=C2CCC(O[Si](C)(C)C)CC2=O)cc1. The van der Waals surface area contributed by atoms with Gasteiger partial charge in [-0.25, -0.2) is 0 Å². The number of carbonyl (C=O) groups excluding carboxylic acids is 1. The molecule has 2 rings (SSSR count). The summed E-state index contributed by atoms with van der Waals surface area (Å²) in [6.45, 7) is 6.50. The Hall–Kier alpha value is -1.39. The summed E-state index contributed by atoms with van der Waals surface area (Å²) >= 11 is 0. The average Bonchev–Trinajstić information content (AvgIpc) is 2.41. The molecule has 1 aliphatic rings. The molecule has 0 radical (unpaired) electrons. The Kier molecular flexibility index (Phi) is 5.01. The van der Waals surface area contributed by atoms with Crippen molar-refractivity contribution in [3.05, 3.63) is 35.4 Å². The predicted molar refractivity (Wildman–Crippen MR) is 88.0 cm³/mol. The van der Waals surface area contributed by atoms with Crippen molar-refractivity contribution in [2.24, 2.45) is 0 Å². The molecule has 0 N–H and O–H groups in total. The van der Waals surface area contributed by atoms with Gasteiger partial charge in [-0.05, 0) is 61.8 Å². The lowest BCUT2D eigenvalue weighted by Crippen LogP contribution is -2.35. The Bertz CT molecular complexity index is 526. The Morgan fingerprint density at radius 3 is 2.38 bits per heavy atom. The first-order valence-electron chi connectivity index (χ1n) is 7.43. The van der Waals surface area contributed by atoms with Crippen molar-refractivity contribution in [2.75, 3.05) is 7.11 Å². The van der Waals surface area contributed by atoms with Crippen LogP contribution >= 0.6 is 0 Å². The van der Waals surface area contributed by atoms with Gasteiger partial charge < -0.3 is 9.16 Å². The second kappa shape index (κ2) is 6.58. The minimum Gasteiger partial charge on any atom is -0.497 e. The lowest BCUT2D eigenvalue weighted by molar-refractivity contribution is -0.118. The highest BCUT2D eigenvalue weighted by Crippen LogP contribution is 2.27. The third-order valence-corrected chi connectivity index (χ3v) is 4.52. The zero-order valence-electron chi connectivity index (χ0n) is 13.3. The molecule has 1 aromatic carbocycles. The molecule has 1 saturated carbocycles. The van der Waals surface area contributed by atoms with Crippen LogP contribution < -0.4 is 4.74 Å². The highest BCUT2D eigenvalue weighted by Gasteiger charge is 2.28. The van der Waals surface area contributed by atoms with Crippen molar-refractivity contribution < 1.29 is 14.0 Å². The number of benzene rings is 1. The molecule has 1 fully saturated rings. The van der Waals surface area contributed by atoms with Crippen LogP contribution in [0.15, 0.2) is 29.8 Å². The molecule has 4 heteroatoms. The molecule has 1 atom stereocenters. The Morgan fingerprint density at radius 1 is 1.19 bits per heavy atom. The monoisotopic (exact) mass is 304 g/mol. The van der Waals surface area contributed by atoms with Crippen molar-refractivity contribution >= 4 is 20.2 Å². The van der Waals surface area contributed by atoms with Crippen LogP contribution in [-0.4, -0.2) is 27.3 Å². The van der Waals surface area contributed by atoms with E-state index in [4.69, 9.17) is 9.16 Å². The van der Waals surface area contributed by atoms with Crippen molar-refractivity contribution in [2.45, 2.75) is 45.0 Å². The lowest BCUT2D eigenvalue weighted by Gasteiger charge is -2.29. The maximum absolute atomic E-state index is 12.3. The average molecular weight is 304 g/mol. The minimum absolute atomic E-state index is 0.109. The first-order chi connectivity index (χ1) is 9.87. The zero-order chi connectivity index (χ0) is 15.5. The summed E-state index contributed by atoms with van der Waals surface area (Å²) in [7, 11) is 0.0831. The molecule has 0 aromatic heterocycles. The van der Waals surface area contributed by atoms with Gasteiger partial charge in [0.05, 0.1) is 13.2 Å². The van der Waals surface area contributed by atoms with Gasteiger partial charge >= 0.3 is 0 Å². The number of Topliss-reactive ketones (excluding diaryl/α,β-unsaturated/α-hetero) is 1. The van der Waals surface area contributed by atoms with E-state index in [-0.39, 0.29) is 11.9 Å². The molecule has 0 amide bonds. The van der Waals surface area contributed by atoms with E-state index in [0.29, 0.717) is 6.42 Å². The molecule has 114 valence electrons. The Balaban J connectivity index is 2.02. The fraction of sp³-hybridized carbons (Fsp3) is 0.471. The fourth-order valence-electron chi connectivity index (χ4n) is 2.55. The third-order valence-electron chi connectivity index (χ3n) is 3.48. The van der Waals surface area contributed by atoms with E-state index in [1.807, 2.05) is 30.3 Å². The normalized spacial score (nSPS) is 21.6. The van der Waals surface area contributed by atoms with Crippen molar-refractivity contribution in [3.63, 3.8) is 0 Å². The molecule has 3 nitrogen and oxygen atoms in total. The molecule has 0 aliphatic heterocycles. The minimum atomic E-state index is -1.57. The Morgan fingerprint density at radius 2 is 1.86 bits per heavy atom. The van der Waals surface area contributed by atoms with E-state index in [0.717, 1.165) is 29.7 Å². The van der Waals surface area contributed by atoms with Gasteiger partial charge in [-0.1, -0.05) is 12.1 Å². The van der Waals surface area contributed by atoms with Crippen LogP contribution in [0.3, 0.4) is 0 Å². The molecule has 1 aliphatic carbocycles. The van der Waals surface area contributed by atoms with E-state index in [1.165, 1.54) is 0 Å². The van der Waals surface area contributed by atoms with Gasteiger partial charge in [-0.2, -0.15) is 0 Å². The summed E-state index contributed by atoms with van der Waals surface area (Å²) in [4.78, 5) is 12.3. The predicted octanol–water partition coefficient (Wildman–Crippen LogP) is 4.05. The summed E-state index contributed by atoms with van der Waals surface area (Å²) in [5, 5.41) is 0. The van der Waals surface area contributed by atoms with Crippen LogP contribution in [0.25, 0.3) is 6.08 Å². The number of ketones is 1. The third kappa shape index (κ3) is 4.83. The molecular formula is C17H24O3Si. The number of ether oxygens (including phenoxy) is 1. The molecule has 0 saturated heterocycles. The van der Waals surface area contributed by atoms with Gasteiger partial charge in [0.25, 0.3) is 0 Å². The summed E-state index contributed by atoms with van der Waals surface area (Å²) in [5.74, 6) is 1.05. The first kappa shape index (κ1) is 16.0. The molecule has 1 unspecified atom stereocenters. The summed E-state index contributed by atoms with van der Waals surface area (Å²) < 4.78 is 11.2. The van der Waals surface area contributed by atoms with Gasteiger partial charge in [-0.15, -0.1) is 0 Å². The number of allylic oxidation sites excluding steroid dienone is 1. The number of hydrogen-bond acceptors (Lipinski definition) is 3. The summed E-state index contributed by atoms with van der Waals surface area (Å²) in [6, 6.07) is 7.78. The summed E-state index contributed by atoms with van der Waals surface area (Å²) in [5.41, 5.74) is 1.96. The number of carbonyl (C=O) groups is 1. The number of methoxy groups -OCH3 is 1. The van der Waals surface area contributed by atoms with Crippen LogP contribution in [0.2, 0.25) is 19.6 Å². The topological polar surface area (TPSA) is 35.5 Å². The zero-order valence-corrected chi connectivity index (χ0v) is 14.3. The molecule has 21 heavy (non-hydrogen) atoms. The van der Waals surface area contributed by atoms with Crippen molar-refractivity contribution in [3.8, 4) is 5.75 Å². The van der Waals surface area contributed by atoms with Gasteiger partial charge in [0, 0.05) is 6.42 Å². The quantitative estimate of drug-likeness (QED) is 0.622. The maximum atomic E-state index is 12.3. The standard InChI is InChI=1S/C17H24O3Si/c1-19-15-8-5-13(6-9-15)11-14-7-10-16(12-17(14)18)20-21(2,3)4/h5-6,8-9,11,16H,7,10,12H2,1-4H3. The van der Waals surface area contributed by atoms with Gasteiger partial charge in [0.1, 0.15) is 5.75 Å². The smallest absolute Gasteiger partial charge is 0.184 e. The number of hydrogen-bond donors (Lipinski definition) is 0. The highest BCUT2D eigenvalue weighted by molar-refractivity contribution is 6.69. The first-order valence-corrected chi connectivity index (χ1v) is 10.8. The van der Waals surface area contributed by atoms with E-state index < -0.39 is 8.32 Å². The second-order valence-corrected chi connectivity index (χ2v) is 10.9. The van der Waals surface area contributed by atoms with Crippen LogP contribution in [-0.2, 0) is 9.22 Å². The van der Waals surface area contributed by atoms with E-state index in [9.17, 15) is 4.79 Å². The number of rotatable bonds is 4. The maximum Gasteiger partial charge on any atom is 0.184 e. The van der Waals surface area contributed by atoms with E-state index in [2.05, 4.69) is 19.6 Å². The second-order valence-electron chi connectivity index (χ2n) is 6.46. The van der Waals surface area contributed by atoms with Crippen LogP contribution in [0.5, 0.6) is 5.75 Å². The molecular weight excluding hydrogens is 280 g/mol. The van der Waals surface area contributed by atoms with Crippen LogP contribution in [0.4, 0.5) is 0 Å². The fourth-order valence-corrected chi connectivity index (χ4v) is 3.75. The molecule has 0 heterocycles. The van der Waals surface area contributed by atoms with E-state index >= 15 is 0 Å². The van der Waals surface area contributed by atoms with Crippen molar-refractivity contribution in [1.29, 1.82) is 0 Å². The van der Waals surface area contributed by atoms with Crippen LogP contribution in [0, 0.1) is 0 Å². The molecule has 1 aromatic rings. The van der Waals surface area contributed by atoms with Crippen LogP contribution in [0.1, 0.15) is 24.8 Å². The van der Waals surface area contributed by atoms with Gasteiger partial charge in [0.15, 0.2) is 14.1 Å². The van der Waals surface area contributed by atoms with E-state index in [1.54, 1.807) is 7.11 Å². The summed E-state index contributed by atoms with van der Waals surface area (Å²) in [6.07, 6.45) is 4.37. The van der Waals surface area contributed by atoms with Gasteiger partial charge in [0.2, 0.25) is 0 Å².